The molecule has 0 radical (unpaired) electrons. The predicted molar refractivity (Wildman–Crippen MR) is 58.0 cm³/mol. The quantitative estimate of drug-likeness (QED) is 0.770. The van der Waals surface area contributed by atoms with Crippen molar-refractivity contribution in [2.45, 2.75) is 19.3 Å². The Labute approximate surface area is 91.3 Å². The van der Waals surface area contributed by atoms with Crippen LogP contribution in [0.15, 0.2) is 16.9 Å². The van der Waals surface area contributed by atoms with Crippen LogP contribution in [0.5, 0.6) is 0 Å². The Morgan fingerprint density at radius 2 is 1.93 bits per heavy atom. The third-order valence-electron chi connectivity index (χ3n) is 2.50. The predicted octanol–water partition coefficient (Wildman–Crippen LogP) is 2.97. The largest absolute Gasteiger partial charge is 0.368 e. The molecule has 1 aromatic heterocycles. The lowest BCUT2D eigenvalue weighted by molar-refractivity contribution is 0.554. The highest BCUT2D eigenvalue weighted by Gasteiger charge is 2.17. The number of aromatic nitrogens is 1. The molecule has 2 rings (SSSR count). The fourth-order valence-electron chi connectivity index (χ4n) is 1.82. The van der Waals surface area contributed by atoms with Gasteiger partial charge in [-0.2, -0.15) is 0 Å². The van der Waals surface area contributed by atoms with Crippen molar-refractivity contribution in [1.29, 1.82) is 0 Å². The summed E-state index contributed by atoms with van der Waals surface area (Å²) in [5, 5.41) is 0. The van der Waals surface area contributed by atoms with Crippen molar-refractivity contribution in [2.24, 2.45) is 0 Å². The summed E-state index contributed by atoms with van der Waals surface area (Å²) in [4.78, 5) is 5.88. The van der Waals surface area contributed by atoms with E-state index >= 15 is 0 Å². The van der Waals surface area contributed by atoms with Crippen LogP contribution in [-0.2, 0) is 0 Å². The number of nitrogens with zero attached hydrogens (tertiary/aromatic N) is 2. The number of hydrogen-bond donors (Lipinski definition) is 0. The highest BCUT2D eigenvalue weighted by atomic mass is 79.9. The SMILES string of the molecule is Fc1cncc(Br)c1N1CCCCC1. The van der Waals surface area contributed by atoms with Gasteiger partial charge in [-0.05, 0) is 35.2 Å². The van der Waals surface area contributed by atoms with E-state index in [9.17, 15) is 4.39 Å². The van der Waals surface area contributed by atoms with Crippen LogP contribution in [0, 0.1) is 5.82 Å². The topological polar surface area (TPSA) is 16.1 Å². The Hall–Kier alpha value is -0.640. The van der Waals surface area contributed by atoms with Gasteiger partial charge in [-0.25, -0.2) is 4.39 Å². The zero-order valence-electron chi connectivity index (χ0n) is 7.84. The van der Waals surface area contributed by atoms with E-state index in [1.807, 2.05) is 0 Å². The fourth-order valence-corrected chi connectivity index (χ4v) is 2.38. The molecule has 1 aliphatic heterocycles. The molecule has 1 aliphatic rings. The molecule has 0 N–H and O–H groups in total. The molecule has 76 valence electrons. The van der Waals surface area contributed by atoms with Crippen LogP contribution in [0.2, 0.25) is 0 Å². The van der Waals surface area contributed by atoms with Crippen LogP contribution in [0.1, 0.15) is 19.3 Å². The molecule has 4 heteroatoms. The average molecular weight is 259 g/mol. The molecule has 0 aromatic carbocycles. The van der Waals surface area contributed by atoms with E-state index in [2.05, 4.69) is 25.8 Å². The number of pyridine rings is 1. The van der Waals surface area contributed by atoms with E-state index < -0.39 is 0 Å². The zero-order valence-corrected chi connectivity index (χ0v) is 9.43. The summed E-state index contributed by atoms with van der Waals surface area (Å²) in [6.45, 7) is 1.89. The van der Waals surface area contributed by atoms with Gasteiger partial charge in [0.05, 0.1) is 16.4 Å². The van der Waals surface area contributed by atoms with Crippen molar-refractivity contribution < 1.29 is 4.39 Å². The van der Waals surface area contributed by atoms with Crippen LogP contribution < -0.4 is 4.90 Å². The molecular weight excluding hydrogens is 247 g/mol. The Kier molecular flexibility index (Phi) is 3.01. The van der Waals surface area contributed by atoms with Gasteiger partial charge in [0, 0.05) is 19.3 Å². The summed E-state index contributed by atoms with van der Waals surface area (Å²) in [5.41, 5.74) is 0.666. The van der Waals surface area contributed by atoms with Crippen LogP contribution >= 0.6 is 15.9 Å². The van der Waals surface area contributed by atoms with E-state index in [-0.39, 0.29) is 5.82 Å². The molecule has 0 unspecified atom stereocenters. The summed E-state index contributed by atoms with van der Waals surface area (Å²) < 4.78 is 14.3. The minimum Gasteiger partial charge on any atom is -0.368 e. The minimum atomic E-state index is -0.235. The van der Waals surface area contributed by atoms with Gasteiger partial charge in [-0.3, -0.25) is 4.98 Å². The summed E-state index contributed by atoms with van der Waals surface area (Å²) in [6.07, 6.45) is 6.46. The van der Waals surface area contributed by atoms with Gasteiger partial charge in [0.2, 0.25) is 0 Å². The van der Waals surface area contributed by atoms with Gasteiger partial charge in [0.1, 0.15) is 0 Å². The van der Waals surface area contributed by atoms with Crippen molar-refractivity contribution >= 4 is 21.6 Å². The molecule has 0 aliphatic carbocycles. The van der Waals surface area contributed by atoms with Crippen LogP contribution in [-0.4, -0.2) is 18.1 Å². The number of rotatable bonds is 1. The molecule has 0 spiro atoms. The summed E-state index contributed by atoms with van der Waals surface area (Å²) >= 11 is 3.34. The number of hydrogen-bond acceptors (Lipinski definition) is 2. The molecule has 0 atom stereocenters. The van der Waals surface area contributed by atoms with Crippen molar-refractivity contribution in [2.75, 3.05) is 18.0 Å². The first-order valence-corrected chi connectivity index (χ1v) is 5.62. The third kappa shape index (κ3) is 1.90. The number of anilines is 1. The molecule has 14 heavy (non-hydrogen) atoms. The highest BCUT2D eigenvalue weighted by molar-refractivity contribution is 9.10. The second kappa shape index (κ2) is 4.26. The number of halogens is 2. The van der Waals surface area contributed by atoms with Crippen LogP contribution in [0.3, 0.4) is 0 Å². The maximum atomic E-state index is 13.5. The fraction of sp³-hybridized carbons (Fsp3) is 0.500. The van der Waals surface area contributed by atoms with Gasteiger partial charge in [-0.1, -0.05) is 0 Å². The Balaban J connectivity index is 2.29. The van der Waals surface area contributed by atoms with Crippen LogP contribution in [0.4, 0.5) is 10.1 Å². The van der Waals surface area contributed by atoms with Gasteiger partial charge in [0.25, 0.3) is 0 Å². The monoisotopic (exact) mass is 258 g/mol. The second-order valence-corrected chi connectivity index (χ2v) is 4.35. The van der Waals surface area contributed by atoms with Gasteiger partial charge in [0.15, 0.2) is 5.82 Å². The summed E-state index contributed by atoms with van der Waals surface area (Å²) in [7, 11) is 0. The minimum absolute atomic E-state index is 0.235. The molecule has 0 bridgehead atoms. The first-order valence-electron chi connectivity index (χ1n) is 4.83. The zero-order chi connectivity index (χ0) is 9.97. The molecule has 2 nitrogen and oxygen atoms in total. The maximum Gasteiger partial charge on any atom is 0.165 e. The molecular formula is C10H12BrFN2. The maximum absolute atomic E-state index is 13.5. The summed E-state index contributed by atoms with van der Waals surface area (Å²) in [6, 6.07) is 0. The molecule has 2 heterocycles. The first-order chi connectivity index (χ1) is 6.79. The lowest BCUT2D eigenvalue weighted by Gasteiger charge is -2.29. The Morgan fingerprint density at radius 1 is 1.21 bits per heavy atom. The highest BCUT2D eigenvalue weighted by Crippen LogP contribution is 2.30. The van der Waals surface area contributed by atoms with E-state index in [0.717, 1.165) is 30.4 Å². The van der Waals surface area contributed by atoms with Crippen molar-refractivity contribution in [3.8, 4) is 0 Å². The summed E-state index contributed by atoms with van der Waals surface area (Å²) in [5.74, 6) is -0.235. The third-order valence-corrected chi connectivity index (χ3v) is 3.08. The number of piperidine rings is 1. The normalized spacial score (nSPS) is 17.1. The van der Waals surface area contributed by atoms with Gasteiger partial charge >= 0.3 is 0 Å². The standard InChI is InChI=1S/C10H12BrFN2/c11-8-6-13-7-9(12)10(8)14-4-2-1-3-5-14/h6-7H,1-5H2. The molecule has 0 saturated carbocycles. The Morgan fingerprint density at radius 3 is 2.57 bits per heavy atom. The molecule has 1 fully saturated rings. The smallest absolute Gasteiger partial charge is 0.165 e. The Bertz CT molecular complexity index is 304. The average Bonchev–Trinajstić information content (AvgIpc) is 2.19. The lowest BCUT2D eigenvalue weighted by atomic mass is 10.1. The van der Waals surface area contributed by atoms with E-state index in [1.54, 1.807) is 6.20 Å². The molecule has 1 saturated heterocycles. The van der Waals surface area contributed by atoms with E-state index in [0.29, 0.717) is 5.69 Å². The van der Waals surface area contributed by atoms with Crippen molar-refractivity contribution in [1.82, 2.24) is 4.98 Å². The molecule has 0 amide bonds. The second-order valence-electron chi connectivity index (χ2n) is 3.50. The first kappa shape index (κ1) is 9.90. The van der Waals surface area contributed by atoms with Gasteiger partial charge in [-0.15, -0.1) is 0 Å². The molecule has 1 aromatic rings. The lowest BCUT2D eigenvalue weighted by Crippen LogP contribution is -2.30. The van der Waals surface area contributed by atoms with E-state index in [4.69, 9.17) is 0 Å². The van der Waals surface area contributed by atoms with Crippen molar-refractivity contribution in [3.63, 3.8) is 0 Å². The van der Waals surface area contributed by atoms with Crippen molar-refractivity contribution in [3.05, 3.63) is 22.7 Å². The van der Waals surface area contributed by atoms with E-state index in [1.165, 1.54) is 12.6 Å². The van der Waals surface area contributed by atoms with Crippen LogP contribution in [0.25, 0.3) is 0 Å². The van der Waals surface area contributed by atoms with Gasteiger partial charge < -0.3 is 4.90 Å².